The van der Waals surface area contributed by atoms with Crippen LogP contribution >= 0.6 is 0 Å². The third-order valence-electron chi connectivity index (χ3n) is 4.76. The Kier molecular flexibility index (Phi) is 6.49. The quantitative estimate of drug-likeness (QED) is 0.787. The number of nitrogens with zero attached hydrogens (tertiary/aromatic N) is 2. The Balaban J connectivity index is 1.54. The molecular formula is C22H25N3O4. The van der Waals surface area contributed by atoms with Crippen LogP contribution in [0, 0.1) is 0 Å². The Labute approximate surface area is 170 Å². The molecule has 1 aliphatic heterocycles. The van der Waals surface area contributed by atoms with Crippen molar-refractivity contribution < 1.29 is 19.1 Å². The minimum atomic E-state index is -0.879. The van der Waals surface area contributed by atoms with Gasteiger partial charge in [-0.25, -0.2) is 4.79 Å². The number of anilines is 2. The summed E-state index contributed by atoms with van der Waals surface area (Å²) in [4.78, 5) is 40.2. The summed E-state index contributed by atoms with van der Waals surface area (Å²) in [7, 11) is 0. The van der Waals surface area contributed by atoms with E-state index in [9.17, 15) is 14.4 Å². The van der Waals surface area contributed by atoms with Crippen molar-refractivity contribution in [2.24, 2.45) is 0 Å². The second-order valence-electron chi connectivity index (χ2n) is 6.96. The number of nitrogens with one attached hydrogen (secondary N) is 1. The third-order valence-corrected chi connectivity index (χ3v) is 4.76. The first kappa shape index (κ1) is 20.4. The number of hydrogen-bond donors (Lipinski definition) is 1. The van der Waals surface area contributed by atoms with E-state index in [1.165, 1.54) is 13.0 Å². The van der Waals surface area contributed by atoms with Crippen molar-refractivity contribution in [1.29, 1.82) is 0 Å². The summed E-state index contributed by atoms with van der Waals surface area (Å²) in [5.41, 5.74) is 1.92. The molecule has 0 bridgehead atoms. The molecule has 3 rings (SSSR count). The maximum absolute atomic E-state index is 12.7. The number of para-hydroxylation sites is 1. The lowest BCUT2D eigenvalue weighted by molar-refractivity contribution is -0.140. The fourth-order valence-electron chi connectivity index (χ4n) is 3.29. The summed E-state index contributed by atoms with van der Waals surface area (Å²) in [6.07, 6.45) is -0.879. The van der Waals surface area contributed by atoms with Crippen LogP contribution in [0.1, 0.15) is 24.2 Å². The highest BCUT2D eigenvalue weighted by Crippen LogP contribution is 2.17. The Morgan fingerprint density at radius 2 is 1.66 bits per heavy atom. The van der Waals surface area contributed by atoms with Crippen LogP contribution in [-0.4, -0.2) is 55.0 Å². The lowest BCUT2D eigenvalue weighted by atomic mass is 10.2. The molecule has 1 N–H and O–H groups in total. The van der Waals surface area contributed by atoms with Crippen molar-refractivity contribution in [3.05, 3.63) is 60.2 Å². The zero-order chi connectivity index (χ0) is 20.8. The standard InChI is InChI=1S/C22H25N3O4/c1-16(29-22(28)18-7-6-8-19(15-18)23-17(2)26)21(27)25-13-11-24(12-14-25)20-9-4-3-5-10-20/h3-10,15-16H,11-14H2,1-2H3,(H,23,26). The first-order valence-corrected chi connectivity index (χ1v) is 9.61. The third kappa shape index (κ3) is 5.34. The van der Waals surface area contributed by atoms with Gasteiger partial charge in [-0.1, -0.05) is 24.3 Å². The molecule has 152 valence electrons. The fraction of sp³-hybridized carbons (Fsp3) is 0.318. The number of hydrogen-bond acceptors (Lipinski definition) is 5. The summed E-state index contributed by atoms with van der Waals surface area (Å²) < 4.78 is 5.37. The summed E-state index contributed by atoms with van der Waals surface area (Å²) in [6.45, 7) is 5.59. The summed E-state index contributed by atoms with van der Waals surface area (Å²) in [5.74, 6) is -1.03. The van der Waals surface area contributed by atoms with Crippen molar-refractivity contribution in [2.75, 3.05) is 36.4 Å². The lowest BCUT2D eigenvalue weighted by Crippen LogP contribution is -2.51. The van der Waals surface area contributed by atoms with E-state index in [-0.39, 0.29) is 17.4 Å². The van der Waals surface area contributed by atoms with Crippen molar-refractivity contribution in [2.45, 2.75) is 20.0 Å². The summed E-state index contributed by atoms with van der Waals surface area (Å²) >= 11 is 0. The van der Waals surface area contributed by atoms with Crippen LogP contribution in [0.5, 0.6) is 0 Å². The highest BCUT2D eigenvalue weighted by molar-refractivity contribution is 5.95. The molecule has 0 aromatic heterocycles. The van der Waals surface area contributed by atoms with Crippen molar-refractivity contribution in [1.82, 2.24) is 4.90 Å². The number of ether oxygens (including phenoxy) is 1. The van der Waals surface area contributed by atoms with E-state index in [2.05, 4.69) is 22.3 Å². The van der Waals surface area contributed by atoms with E-state index in [1.807, 2.05) is 18.2 Å². The first-order chi connectivity index (χ1) is 13.9. The number of rotatable bonds is 5. The first-order valence-electron chi connectivity index (χ1n) is 9.61. The minimum Gasteiger partial charge on any atom is -0.449 e. The summed E-state index contributed by atoms with van der Waals surface area (Å²) in [5, 5.41) is 2.62. The van der Waals surface area contributed by atoms with Gasteiger partial charge in [0.1, 0.15) is 0 Å². The van der Waals surface area contributed by atoms with Gasteiger partial charge in [-0.05, 0) is 37.3 Å². The lowest BCUT2D eigenvalue weighted by Gasteiger charge is -2.37. The van der Waals surface area contributed by atoms with Gasteiger partial charge in [-0.15, -0.1) is 0 Å². The zero-order valence-electron chi connectivity index (χ0n) is 16.6. The van der Waals surface area contributed by atoms with Crippen LogP contribution in [0.15, 0.2) is 54.6 Å². The molecule has 1 atom stereocenters. The molecule has 1 saturated heterocycles. The normalized spacial score (nSPS) is 14.8. The molecular weight excluding hydrogens is 370 g/mol. The monoisotopic (exact) mass is 395 g/mol. The number of amides is 2. The molecule has 1 fully saturated rings. The average Bonchev–Trinajstić information content (AvgIpc) is 2.73. The Bertz CT molecular complexity index is 877. The molecule has 7 nitrogen and oxygen atoms in total. The molecule has 0 spiro atoms. The van der Waals surface area contributed by atoms with Gasteiger partial charge in [0.15, 0.2) is 6.10 Å². The van der Waals surface area contributed by atoms with Crippen LogP contribution in [0.2, 0.25) is 0 Å². The number of carbonyl (C=O) groups is 3. The van der Waals surface area contributed by atoms with E-state index in [1.54, 1.807) is 30.0 Å². The van der Waals surface area contributed by atoms with Crippen LogP contribution in [0.25, 0.3) is 0 Å². The van der Waals surface area contributed by atoms with Gasteiger partial charge < -0.3 is 19.9 Å². The van der Waals surface area contributed by atoms with Gasteiger partial charge in [0.05, 0.1) is 5.56 Å². The van der Waals surface area contributed by atoms with E-state index in [0.29, 0.717) is 18.8 Å². The van der Waals surface area contributed by atoms with Gasteiger partial charge in [0.2, 0.25) is 5.91 Å². The minimum absolute atomic E-state index is 0.205. The largest absolute Gasteiger partial charge is 0.449 e. The van der Waals surface area contributed by atoms with E-state index in [0.717, 1.165) is 18.8 Å². The molecule has 0 saturated carbocycles. The molecule has 2 aromatic carbocycles. The zero-order valence-corrected chi connectivity index (χ0v) is 16.6. The number of esters is 1. The maximum Gasteiger partial charge on any atom is 0.338 e. The second-order valence-corrected chi connectivity index (χ2v) is 6.96. The highest BCUT2D eigenvalue weighted by atomic mass is 16.5. The molecule has 29 heavy (non-hydrogen) atoms. The Morgan fingerprint density at radius 3 is 2.31 bits per heavy atom. The van der Waals surface area contributed by atoms with E-state index in [4.69, 9.17) is 4.74 Å². The molecule has 7 heteroatoms. The number of carbonyl (C=O) groups excluding carboxylic acids is 3. The SMILES string of the molecule is CC(=O)Nc1cccc(C(=O)OC(C)C(=O)N2CCN(c3ccccc3)CC2)c1. The van der Waals surface area contributed by atoms with Gasteiger partial charge in [0, 0.05) is 44.5 Å². The van der Waals surface area contributed by atoms with E-state index >= 15 is 0 Å². The Morgan fingerprint density at radius 1 is 0.966 bits per heavy atom. The van der Waals surface area contributed by atoms with Gasteiger partial charge in [-0.3, -0.25) is 9.59 Å². The van der Waals surface area contributed by atoms with Gasteiger partial charge >= 0.3 is 5.97 Å². The molecule has 1 heterocycles. The molecule has 1 unspecified atom stereocenters. The van der Waals surface area contributed by atoms with Crippen molar-refractivity contribution in [3.63, 3.8) is 0 Å². The van der Waals surface area contributed by atoms with Gasteiger partial charge in [0.25, 0.3) is 5.91 Å². The van der Waals surface area contributed by atoms with Gasteiger partial charge in [-0.2, -0.15) is 0 Å². The van der Waals surface area contributed by atoms with Crippen molar-refractivity contribution >= 4 is 29.2 Å². The molecule has 1 aliphatic rings. The molecule has 2 amide bonds. The smallest absolute Gasteiger partial charge is 0.338 e. The van der Waals surface area contributed by atoms with Crippen LogP contribution in [-0.2, 0) is 14.3 Å². The molecule has 2 aromatic rings. The fourth-order valence-corrected chi connectivity index (χ4v) is 3.29. The van der Waals surface area contributed by atoms with Crippen LogP contribution in [0.4, 0.5) is 11.4 Å². The predicted molar refractivity (Wildman–Crippen MR) is 111 cm³/mol. The summed E-state index contributed by atoms with van der Waals surface area (Å²) in [6, 6.07) is 16.5. The number of piperazine rings is 1. The highest BCUT2D eigenvalue weighted by Gasteiger charge is 2.27. The topological polar surface area (TPSA) is 78.9 Å². The number of benzene rings is 2. The van der Waals surface area contributed by atoms with Crippen LogP contribution in [0.3, 0.4) is 0 Å². The van der Waals surface area contributed by atoms with Crippen LogP contribution < -0.4 is 10.2 Å². The Hall–Kier alpha value is -3.35. The average molecular weight is 395 g/mol. The molecule has 0 radical (unpaired) electrons. The predicted octanol–water partition coefficient (Wildman–Crippen LogP) is 2.54. The second kappa shape index (κ2) is 9.23. The maximum atomic E-state index is 12.7. The van der Waals surface area contributed by atoms with E-state index < -0.39 is 12.1 Å². The molecule has 0 aliphatic carbocycles. The van der Waals surface area contributed by atoms with Crippen molar-refractivity contribution in [3.8, 4) is 0 Å².